The molecule has 0 saturated carbocycles. The lowest BCUT2D eigenvalue weighted by Crippen LogP contribution is -2.45. The van der Waals surface area contributed by atoms with Crippen molar-refractivity contribution in [3.8, 4) is 0 Å². The van der Waals surface area contributed by atoms with Crippen LogP contribution < -0.4 is 10.9 Å². The van der Waals surface area contributed by atoms with Gasteiger partial charge in [-0.2, -0.15) is 4.52 Å². The van der Waals surface area contributed by atoms with E-state index in [1.165, 1.54) is 10.8 Å². The van der Waals surface area contributed by atoms with Gasteiger partial charge in [-0.15, -0.1) is 0 Å². The molecule has 0 unspecified atom stereocenters. The third-order valence-electron chi connectivity index (χ3n) is 3.76. The third kappa shape index (κ3) is 3.46. The summed E-state index contributed by atoms with van der Waals surface area (Å²) in [5.41, 5.74) is 0.637. The zero-order chi connectivity index (χ0) is 14.7. The van der Waals surface area contributed by atoms with E-state index in [-0.39, 0.29) is 5.56 Å². The summed E-state index contributed by atoms with van der Waals surface area (Å²) in [6.07, 6.45) is 1.47. The summed E-state index contributed by atoms with van der Waals surface area (Å²) in [5, 5.41) is 6.09. The van der Waals surface area contributed by atoms with Crippen LogP contribution in [0.2, 0.25) is 0 Å². The molecule has 0 aromatic carbocycles. The summed E-state index contributed by atoms with van der Waals surface area (Å²) in [4.78, 5) is 24.9. The fraction of sp³-hybridized carbons (Fsp3) is 0.615. The summed E-state index contributed by atoms with van der Waals surface area (Å²) in [6, 6.07) is 1.56. The highest BCUT2D eigenvalue weighted by Gasteiger charge is 2.11. The van der Waals surface area contributed by atoms with E-state index in [1.807, 2.05) is 0 Å². The molecule has 21 heavy (non-hydrogen) atoms. The topological polar surface area (TPSA) is 81.6 Å². The first-order valence-electron chi connectivity index (χ1n) is 7.26. The van der Waals surface area contributed by atoms with Gasteiger partial charge in [-0.25, -0.2) is 9.97 Å². The molecule has 0 spiro atoms. The average molecular weight is 291 g/mol. The third-order valence-corrected chi connectivity index (χ3v) is 3.76. The Balaban J connectivity index is 1.57. The molecule has 1 saturated heterocycles. The largest absolute Gasteiger partial charge is 0.314 e. The fourth-order valence-corrected chi connectivity index (χ4v) is 2.55. The van der Waals surface area contributed by atoms with Gasteiger partial charge in [0.1, 0.15) is 6.33 Å². The summed E-state index contributed by atoms with van der Waals surface area (Å²) in [5.74, 6) is 0.424. The normalized spacial score (nSPS) is 16.9. The molecular formula is C13H21N7O. The number of nitrogens with zero attached hydrogens (tertiary/aromatic N) is 5. The van der Waals surface area contributed by atoms with Gasteiger partial charge in [0.05, 0.1) is 5.69 Å². The predicted molar refractivity (Wildman–Crippen MR) is 79.3 cm³/mol. The standard InChI is InChI=1S/C13H21N7O/c1-18(6-7-19-4-2-14-3-5-19)9-11-8-12(21)20-13(17-11)15-10-16-20/h8,10,14H,2-7,9H2,1H3,(H,15,16,17). The smallest absolute Gasteiger partial charge is 0.274 e. The monoisotopic (exact) mass is 291 g/mol. The first-order chi connectivity index (χ1) is 10.2. The minimum Gasteiger partial charge on any atom is -0.314 e. The molecule has 8 heteroatoms. The van der Waals surface area contributed by atoms with Gasteiger partial charge in [-0.1, -0.05) is 0 Å². The molecule has 1 fully saturated rings. The first kappa shape index (κ1) is 14.2. The molecule has 0 atom stereocenters. The summed E-state index contributed by atoms with van der Waals surface area (Å²) in [7, 11) is 2.05. The van der Waals surface area contributed by atoms with Crippen molar-refractivity contribution in [1.82, 2.24) is 34.7 Å². The van der Waals surface area contributed by atoms with Crippen molar-refractivity contribution in [3.05, 3.63) is 28.4 Å². The molecule has 114 valence electrons. The maximum absolute atomic E-state index is 11.9. The number of hydrogen-bond acceptors (Lipinski definition) is 6. The number of aromatic amines is 1. The van der Waals surface area contributed by atoms with Gasteiger partial charge in [0.2, 0.25) is 0 Å². The van der Waals surface area contributed by atoms with Crippen LogP contribution in [-0.4, -0.2) is 75.7 Å². The molecule has 0 amide bonds. The number of H-pyrrole nitrogens is 1. The number of hydrogen-bond donors (Lipinski definition) is 2. The maximum atomic E-state index is 11.9. The Morgan fingerprint density at radius 1 is 1.38 bits per heavy atom. The van der Waals surface area contributed by atoms with E-state index in [2.05, 4.69) is 37.2 Å². The van der Waals surface area contributed by atoms with Crippen LogP contribution in [0.1, 0.15) is 5.69 Å². The molecule has 0 aliphatic carbocycles. The van der Waals surface area contributed by atoms with Gasteiger partial charge in [0.25, 0.3) is 11.3 Å². The van der Waals surface area contributed by atoms with Crippen LogP contribution in [0.5, 0.6) is 0 Å². The first-order valence-corrected chi connectivity index (χ1v) is 7.26. The number of aromatic nitrogens is 4. The van der Waals surface area contributed by atoms with Gasteiger partial charge in [0.15, 0.2) is 0 Å². The minimum atomic E-state index is -0.122. The lowest BCUT2D eigenvalue weighted by atomic mass is 10.3. The highest BCUT2D eigenvalue weighted by molar-refractivity contribution is 5.25. The Bertz CT molecular complexity index is 643. The van der Waals surface area contributed by atoms with Crippen molar-refractivity contribution in [2.45, 2.75) is 6.54 Å². The van der Waals surface area contributed by atoms with Crippen LogP contribution in [0, 0.1) is 0 Å². The second-order valence-corrected chi connectivity index (χ2v) is 5.44. The summed E-state index contributed by atoms with van der Waals surface area (Å²) >= 11 is 0. The van der Waals surface area contributed by atoms with Crippen molar-refractivity contribution < 1.29 is 0 Å². The van der Waals surface area contributed by atoms with Crippen LogP contribution in [0.15, 0.2) is 17.2 Å². The number of fused-ring (bicyclic) bond motifs is 1. The van der Waals surface area contributed by atoms with Crippen LogP contribution in [0.3, 0.4) is 0 Å². The minimum absolute atomic E-state index is 0.122. The molecule has 8 nitrogen and oxygen atoms in total. The van der Waals surface area contributed by atoms with E-state index in [9.17, 15) is 4.79 Å². The van der Waals surface area contributed by atoms with Crippen LogP contribution in [0.25, 0.3) is 5.78 Å². The zero-order valence-electron chi connectivity index (χ0n) is 12.2. The SMILES string of the molecule is CN(CCN1CCNCC1)Cc1cc(=O)n2[nH]cnc2n1. The van der Waals surface area contributed by atoms with E-state index < -0.39 is 0 Å². The second-order valence-electron chi connectivity index (χ2n) is 5.44. The number of nitrogens with one attached hydrogen (secondary N) is 2. The van der Waals surface area contributed by atoms with Crippen LogP contribution in [0.4, 0.5) is 0 Å². The van der Waals surface area contributed by atoms with E-state index >= 15 is 0 Å². The van der Waals surface area contributed by atoms with E-state index in [1.54, 1.807) is 6.07 Å². The number of rotatable bonds is 5. The Labute approximate surface area is 122 Å². The molecular weight excluding hydrogens is 270 g/mol. The van der Waals surface area contributed by atoms with Crippen molar-refractivity contribution >= 4 is 5.78 Å². The molecule has 3 rings (SSSR count). The van der Waals surface area contributed by atoms with Gasteiger partial charge < -0.3 is 5.32 Å². The van der Waals surface area contributed by atoms with Gasteiger partial charge >= 0.3 is 0 Å². The second kappa shape index (κ2) is 6.33. The molecule has 0 bridgehead atoms. The van der Waals surface area contributed by atoms with E-state index in [0.717, 1.165) is 45.0 Å². The van der Waals surface area contributed by atoms with Crippen LogP contribution in [-0.2, 0) is 6.54 Å². The highest BCUT2D eigenvalue weighted by atomic mass is 16.1. The molecule has 2 aromatic rings. The molecule has 1 aliphatic heterocycles. The van der Waals surface area contributed by atoms with Crippen molar-refractivity contribution in [2.75, 3.05) is 46.3 Å². The molecule has 3 heterocycles. The quantitative estimate of drug-likeness (QED) is 0.717. The Morgan fingerprint density at radius 3 is 3.00 bits per heavy atom. The predicted octanol–water partition coefficient (Wildman–Crippen LogP) is -1.25. The zero-order valence-corrected chi connectivity index (χ0v) is 12.2. The average Bonchev–Trinajstić information content (AvgIpc) is 2.95. The van der Waals surface area contributed by atoms with Crippen molar-refractivity contribution in [3.63, 3.8) is 0 Å². The summed E-state index contributed by atoms with van der Waals surface area (Å²) < 4.78 is 1.34. The van der Waals surface area contributed by atoms with Crippen molar-refractivity contribution in [1.29, 1.82) is 0 Å². The molecule has 2 aromatic heterocycles. The molecule has 0 radical (unpaired) electrons. The maximum Gasteiger partial charge on any atom is 0.274 e. The molecule has 2 N–H and O–H groups in total. The van der Waals surface area contributed by atoms with E-state index in [0.29, 0.717) is 12.3 Å². The Hall–Kier alpha value is -1.77. The van der Waals surface area contributed by atoms with E-state index in [4.69, 9.17) is 0 Å². The van der Waals surface area contributed by atoms with Gasteiger partial charge in [-0.05, 0) is 7.05 Å². The Morgan fingerprint density at radius 2 is 2.19 bits per heavy atom. The lowest BCUT2D eigenvalue weighted by Gasteiger charge is -2.29. The van der Waals surface area contributed by atoms with Crippen LogP contribution >= 0.6 is 0 Å². The van der Waals surface area contributed by atoms with Gasteiger partial charge in [-0.3, -0.25) is 19.7 Å². The lowest BCUT2D eigenvalue weighted by molar-refractivity contribution is 0.201. The fourth-order valence-electron chi connectivity index (χ4n) is 2.55. The number of likely N-dealkylation sites (N-methyl/N-ethyl adjacent to an activating group) is 1. The number of piperazine rings is 1. The Kier molecular flexibility index (Phi) is 4.28. The highest BCUT2D eigenvalue weighted by Crippen LogP contribution is 2.00. The van der Waals surface area contributed by atoms with Crippen molar-refractivity contribution in [2.24, 2.45) is 0 Å². The summed E-state index contributed by atoms with van der Waals surface area (Å²) in [6.45, 7) is 7.00. The van der Waals surface area contributed by atoms with Gasteiger partial charge in [0, 0.05) is 51.9 Å². The molecule has 1 aliphatic rings.